The Morgan fingerprint density at radius 3 is 2.77 bits per heavy atom. The van der Waals surface area contributed by atoms with Gasteiger partial charge in [0.1, 0.15) is 0 Å². The van der Waals surface area contributed by atoms with Gasteiger partial charge in [-0.15, -0.1) is 0 Å². The van der Waals surface area contributed by atoms with Gasteiger partial charge in [-0.25, -0.2) is 0 Å². The number of nitrogens with zero attached hydrogens (tertiary/aromatic N) is 3. The fraction of sp³-hybridized carbons (Fsp3) is 0.947. The van der Waals surface area contributed by atoms with Gasteiger partial charge < -0.3 is 24.4 Å². The van der Waals surface area contributed by atoms with Crippen LogP contribution in [0, 0.1) is 11.8 Å². The molecule has 3 saturated heterocycles. The molecule has 0 spiro atoms. The lowest BCUT2D eigenvalue weighted by atomic mass is 10.1. The van der Waals surface area contributed by atoms with Gasteiger partial charge in [-0.3, -0.25) is 9.89 Å². The summed E-state index contributed by atoms with van der Waals surface area (Å²) in [5.41, 5.74) is 0. The highest BCUT2D eigenvalue weighted by Gasteiger charge is 2.26. The average Bonchev–Trinajstić information content (AvgIpc) is 3.34. The smallest absolute Gasteiger partial charge is 0.193 e. The Bertz CT molecular complexity index is 423. The topological polar surface area (TPSA) is 58.6 Å². The van der Waals surface area contributed by atoms with Crippen LogP contribution in [0.4, 0.5) is 0 Å². The zero-order valence-corrected chi connectivity index (χ0v) is 16.3. The minimum absolute atomic E-state index is 0.601. The lowest BCUT2D eigenvalue weighted by Gasteiger charge is -2.29. The Balaban J connectivity index is 1.26. The standard InChI is InChI=1S/C19H36N4O3/c1-20-19(21-5-2-9-25-15-18-4-10-26-16-18)23-6-3-17(14-23)13-22-7-11-24-12-8-22/h17-18H,2-16H2,1H3,(H,20,21). The molecule has 2 unspecified atom stereocenters. The number of guanidine groups is 1. The maximum Gasteiger partial charge on any atom is 0.193 e. The van der Waals surface area contributed by atoms with Gasteiger partial charge in [-0.2, -0.15) is 0 Å². The van der Waals surface area contributed by atoms with Gasteiger partial charge in [0.15, 0.2) is 5.96 Å². The minimum Gasteiger partial charge on any atom is -0.381 e. The molecule has 0 bridgehead atoms. The van der Waals surface area contributed by atoms with Crippen LogP contribution in [0.3, 0.4) is 0 Å². The second kappa shape index (κ2) is 11.1. The Hall–Kier alpha value is -0.890. The lowest BCUT2D eigenvalue weighted by molar-refractivity contribution is 0.0315. The molecule has 3 aliphatic heterocycles. The third kappa shape index (κ3) is 6.37. The van der Waals surface area contributed by atoms with Crippen LogP contribution in [0.25, 0.3) is 0 Å². The first-order valence-electron chi connectivity index (χ1n) is 10.3. The van der Waals surface area contributed by atoms with E-state index in [2.05, 4.69) is 20.1 Å². The number of morpholine rings is 1. The quantitative estimate of drug-likeness (QED) is 0.386. The molecule has 7 nitrogen and oxygen atoms in total. The number of likely N-dealkylation sites (tertiary alicyclic amines) is 1. The summed E-state index contributed by atoms with van der Waals surface area (Å²) in [5, 5.41) is 3.50. The molecule has 7 heteroatoms. The SMILES string of the molecule is CN=C(NCCCOCC1CCOC1)N1CCC(CN2CCOCC2)C1. The predicted octanol–water partition coefficient (Wildman–Crippen LogP) is 0.659. The maximum atomic E-state index is 5.77. The highest BCUT2D eigenvalue weighted by molar-refractivity contribution is 5.80. The number of hydrogen-bond donors (Lipinski definition) is 1. The van der Waals surface area contributed by atoms with E-state index in [1.807, 2.05) is 7.05 Å². The van der Waals surface area contributed by atoms with E-state index in [0.29, 0.717) is 5.92 Å². The molecule has 150 valence electrons. The molecule has 3 aliphatic rings. The van der Waals surface area contributed by atoms with E-state index in [4.69, 9.17) is 14.2 Å². The molecular formula is C19H36N4O3. The molecule has 3 fully saturated rings. The molecule has 0 amide bonds. The first kappa shape index (κ1) is 19.9. The summed E-state index contributed by atoms with van der Waals surface area (Å²) >= 11 is 0. The van der Waals surface area contributed by atoms with Crippen LogP contribution in [-0.4, -0.2) is 102 Å². The summed E-state index contributed by atoms with van der Waals surface area (Å²) in [6, 6.07) is 0. The van der Waals surface area contributed by atoms with Crippen LogP contribution >= 0.6 is 0 Å². The van der Waals surface area contributed by atoms with Crippen molar-refractivity contribution in [2.24, 2.45) is 16.8 Å². The molecule has 0 radical (unpaired) electrons. The number of hydrogen-bond acceptors (Lipinski definition) is 5. The van der Waals surface area contributed by atoms with Crippen LogP contribution in [0.1, 0.15) is 19.3 Å². The molecule has 0 aromatic rings. The average molecular weight is 369 g/mol. The molecule has 1 N–H and O–H groups in total. The minimum atomic E-state index is 0.601. The summed E-state index contributed by atoms with van der Waals surface area (Å²) in [5.74, 6) is 2.38. The Labute approximate surface area is 158 Å². The molecule has 0 aromatic carbocycles. The fourth-order valence-corrected chi connectivity index (χ4v) is 3.99. The summed E-state index contributed by atoms with van der Waals surface area (Å²) in [6.45, 7) is 11.7. The van der Waals surface area contributed by atoms with Gasteiger partial charge in [0.2, 0.25) is 0 Å². The van der Waals surface area contributed by atoms with Crippen LogP contribution in [0.5, 0.6) is 0 Å². The van der Waals surface area contributed by atoms with Crippen molar-refractivity contribution in [1.82, 2.24) is 15.1 Å². The third-order valence-electron chi connectivity index (χ3n) is 5.54. The Kier molecular flexibility index (Phi) is 8.45. The molecule has 26 heavy (non-hydrogen) atoms. The van der Waals surface area contributed by atoms with Gasteiger partial charge in [0.05, 0.1) is 26.4 Å². The molecular weight excluding hydrogens is 332 g/mol. The van der Waals surface area contributed by atoms with Crippen LogP contribution in [0.2, 0.25) is 0 Å². The van der Waals surface area contributed by atoms with Gasteiger partial charge >= 0.3 is 0 Å². The van der Waals surface area contributed by atoms with Crippen molar-refractivity contribution in [1.29, 1.82) is 0 Å². The zero-order valence-electron chi connectivity index (χ0n) is 16.3. The van der Waals surface area contributed by atoms with E-state index in [1.165, 1.54) is 13.0 Å². The van der Waals surface area contributed by atoms with Gasteiger partial charge in [0.25, 0.3) is 0 Å². The maximum absolute atomic E-state index is 5.77. The Morgan fingerprint density at radius 1 is 1.12 bits per heavy atom. The van der Waals surface area contributed by atoms with Crippen molar-refractivity contribution >= 4 is 5.96 Å². The van der Waals surface area contributed by atoms with Crippen LogP contribution in [0.15, 0.2) is 4.99 Å². The summed E-state index contributed by atoms with van der Waals surface area (Å²) < 4.78 is 16.6. The van der Waals surface area contributed by atoms with E-state index < -0.39 is 0 Å². The second-order valence-corrected chi connectivity index (χ2v) is 7.65. The summed E-state index contributed by atoms with van der Waals surface area (Å²) in [7, 11) is 1.88. The van der Waals surface area contributed by atoms with Crippen molar-refractivity contribution in [2.75, 3.05) is 86.0 Å². The highest BCUT2D eigenvalue weighted by Crippen LogP contribution is 2.18. The van der Waals surface area contributed by atoms with Gasteiger partial charge in [-0.05, 0) is 25.2 Å². The first-order valence-corrected chi connectivity index (χ1v) is 10.3. The van der Waals surface area contributed by atoms with E-state index in [1.54, 1.807) is 0 Å². The second-order valence-electron chi connectivity index (χ2n) is 7.65. The molecule has 2 atom stereocenters. The lowest BCUT2D eigenvalue weighted by Crippen LogP contribution is -2.42. The van der Waals surface area contributed by atoms with Crippen LogP contribution < -0.4 is 5.32 Å². The van der Waals surface area contributed by atoms with E-state index >= 15 is 0 Å². The third-order valence-corrected chi connectivity index (χ3v) is 5.54. The number of ether oxygens (including phenoxy) is 3. The van der Waals surface area contributed by atoms with E-state index in [0.717, 1.165) is 97.1 Å². The van der Waals surface area contributed by atoms with Crippen molar-refractivity contribution in [3.8, 4) is 0 Å². The number of aliphatic imine (C=N–C) groups is 1. The zero-order chi connectivity index (χ0) is 18.0. The molecule has 0 saturated carbocycles. The molecule has 3 rings (SSSR count). The predicted molar refractivity (Wildman–Crippen MR) is 103 cm³/mol. The molecule has 0 aliphatic carbocycles. The Morgan fingerprint density at radius 2 is 2.00 bits per heavy atom. The summed E-state index contributed by atoms with van der Waals surface area (Å²) in [4.78, 5) is 9.42. The van der Waals surface area contributed by atoms with E-state index in [-0.39, 0.29) is 0 Å². The fourth-order valence-electron chi connectivity index (χ4n) is 3.99. The monoisotopic (exact) mass is 368 g/mol. The largest absolute Gasteiger partial charge is 0.381 e. The first-order chi connectivity index (χ1) is 12.8. The molecule has 0 aromatic heterocycles. The van der Waals surface area contributed by atoms with Crippen LogP contribution in [-0.2, 0) is 14.2 Å². The normalized spacial score (nSPS) is 28.0. The van der Waals surface area contributed by atoms with Crippen molar-refractivity contribution < 1.29 is 14.2 Å². The van der Waals surface area contributed by atoms with Crippen molar-refractivity contribution in [3.05, 3.63) is 0 Å². The molecule has 3 heterocycles. The van der Waals surface area contributed by atoms with E-state index in [9.17, 15) is 0 Å². The summed E-state index contributed by atoms with van der Waals surface area (Å²) in [6.07, 6.45) is 3.41. The van der Waals surface area contributed by atoms with Gasteiger partial charge in [0, 0.05) is 65.4 Å². The number of nitrogens with one attached hydrogen (secondary N) is 1. The van der Waals surface area contributed by atoms with Crippen molar-refractivity contribution in [2.45, 2.75) is 19.3 Å². The highest BCUT2D eigenvalue weighted by atomic mass is 16.5. The van der Waals surface area contributed by atoms with Gasteiger partial charge in [-0.1, -0.05) is 0 Å². The number of rotatable bonds is 8. The van der Waals surface area contributed by atoms with Crippen molar-refractivity contribution in [3.63, 3.8) is 0 Å².